The number of carbonyl (C=O) groups is 1. The maximum Gasteiger partial charge on any atom is 0.265 e. The van der Waals surface area contributed by atoms with Gasteiger partial charge in [0, 0.05) is 23.8 Å². The summed E-state index contributed by atoms with van der Waals surface area (Å²) in [6, 6.07) is 17.2. The maximum atomic E-state index is 12.7. The van der Waals surface area contributed by atoms with E-state index in [9.17, 15) is 4.79 Å². The highest BCUT2D eigenvalue weighted by molar-refractivity contribution is 6.31. The minimum atomic E-state index is -0.763. The molecule has 1 unspecified atom stereocenters. The number of hydrogen-bond acceptors (Lipinski definition) is 4. The Hall–Kier alpha value is -3.38. The molecule has 1 atom stereocenters. The van der Waals surface area contributed by atoms with Gasteiger partial charge in [-0.1, -0.05) is 48.0 Å². The summed E-state index contributed by atoms with van der Waals surface area (Å²) in [5, 5.41) is 8.91. The van der Waals surface area contributed by atoms with Gasteiger partial charge in [-0.05, 0) is 49.6 Å². The Morgan fingerprint density at radius 2 is 1.87 bits per heavy atom. The van der Waals surface area contributed by atoms with Crippen LogP contribution in [0.5, 0.6) is 5.88 Å². The largest absolute Gasteiger partial charge is 0.464 e. The van der Waals surface area contributed by atoms with Gasteiger partial charge in [0.25, 0.3) is 5.91 Å². The number of pyridine rings is 1. The van der Waals surface area contributed by atoms with E-state index in [0.29, 0.717) is 22.2 Å². The van der Waals surface area contributed by atoms with Crippen LogP contribution in [0.3, 0.4) is 0 Å². The molecule has 1 amide bonds. The van der Waals surface area contributed by atoms with E-state index in [4.69, 9.17) is 16.3 Å². The predicted molar refractivity (Wildman–Crippen MR) is 124 cm³/mol. The lowest BCUT2D eigenvalue weighted by molar-refractivity contribution is -0.122. The van der Waals surface area contributed by atoms with E-state index in [1.165, 1.54) is 0 Å². The summed E-state index contributed by atoms with van der Waals surface area (Å²) in [6.07, 6.45) is -0.763. The van der Waals surface area contributed by atoms with E-state index in [1.54, 1.807) is 23.7 Å². The van der Waals surface area contributed by atoms with E-state index < -0.39 is 6.10 Å². The summed E-state index contributed by atoms with van der Waals surface area (Å²) in [6.45, 7) is 5.56. The molecule has 2 heterocycles. The standard InChI is InChI=1S/C24H23ClN4O2/c1-14-10-11-18(25)12-20(14)26-24(30)16(3)31-21-13-19(17-8-6-5-7-9-17)22-15(2)28-29(4)23(22)27-21/h5-13,16H,1-4H3,(H,26,30). The summed E-state index contributed by atoms with van der Waals surface area (Å²) in [5.74, 6) is 0.0783. The Balaban J connectivity index is 1.66. The van der Waals surface area contributed by atoms with Crippen LogP contribution in [-0.4, -0.2) is 26.8 Å². The number of benzene rings is 2. The monoisotopic (exact) mass is 434 g/mol. The fourth-order valence-corrected chi connectivity index (χ4v) is 3.70. The van der Waals surface area contributed by atoms with Crippen molar-refractivity contribution in [1.29, 1.82) is 0 Å². The third-order valence-electron chi connectivity index (χ3n) is 5.15. The highest BCUT2D eigenvalue weighted by atomic mass is 35.5. The lowest BCUT2D eigenvalue weighted by atomic mass is 10.0. The minimum absolute atomic E-state index is 0.283. The lowest BCUT2D eigenvalue weighted by Gasteiger charge is -2.16. The zero-order valence-corrected chi connectivity index (χ0v) is 18.6. The van der Waals surface area contributed by atoms with Gasteiger partial charge in [0.2, 0.25) is 5.88 Å². The van der Waals surface area contributed by atoms with Crippen molar-refractivity contribution in [2.75, 3.05) is 5.32 Å². The first kappa shape index (κ1) is 20.9. The SMILES string of the molecule is Cc1ccc(Cl)cc1NC(=O)C(C)Oc1cc(-c2ccccc2)c2c(C)nn(C)c2n1. The van der Waals surface area contributed by atoms with Crippen molar-refractivity contribution in [3.63, 3.8) is 0 Å². The second kappa shape index (κ2) is 8.40. The van der Waals surface area contributed by atoms with Crippen molar-refractivity contribution in [2.24, 2.45) is 7.05 Å². The molecular weight excluding hydrogens is 412 g/mol. The molecule has 158 valence electrons. The topological polar surface area (TPSA) is 69.0 Å². The van der Waals surface area contributed by atoms with Gasteiger partial charge in [-0.15, -0.1) is 0 Å². The van der Waals surface area contributed by atoms with Crippen molar-refractivity contribution >= 4 is 34.2 Å². The zero-order chi connectivity index (χ0) is 22.1. The first-order chi connectivity index (χ1) is 14.8. The molecular formula is C24H23ClN4O2. The first-order valence-electron chi connectivity index (χ1n) is 9.97. The highest BCUT2D eigenvalue weighted by Gasteiger charge is 2.20. The summed E-state index contributed by atoms with van der Waals surface area (Å²) in [4.78, 5) is 17.4. The molecule has 2 aromatic heterocycles. The first-order valence-corrected chi connectivity index (χ1v) is 10.3. The summed E-state index contributed by atoms with van der Waals surface area (Å²) < 4.78 is 7.68. The third kappa shape index (κ3) is 4.25. The molecule has 0 aliphatic heterocycles. The van der Waals surface area contributed by atoms with Crippen LogP contribution >= 0.6 is 11.6 Å². The number of ether oxygens (including phenoxy) is 1. The van der Waals surface area contributed by atoms with Crippen LogP contribution < -0.4 is 10.1 Å². The lowest BCUT2D eigenvalue weighted by Crippen LogP contribution is -2.30. The molecule has 6 nitrogen and oxygen atoms in total. The van der Waals surface area contributed by atoms with Crippen LogP contribution in [0.4, 0.5) is 5.69 Å². The van der Waals surface area contributed by atoms with Gasteiger partial charge in [-0.2, -0.15) is 10.1 Å². The molecule has 0 saturated heterocycles. The summed E-state index contributed by atoms with van der Waals surface area (Å²) in [7, 11) is 1.85. The van der Waals surface area contributed by atoms with Crippen molar-refractivity contribution in [1.82, 2.24) is 14.8 Å². The number of aryl methyl sites for hydroxylation is 3. The van der Waals surface area contributed by atoms with Crippen molar-refractivity contribution in [3.05, 3.63) is 70.9 Å². The normalized spacial score (nSPS) is 12.0. The van der Waals surface area contributed by atoms with E-state index in [-0.39, 0.29) is 5.91 Å². The van der Waals surface area contributed by atoms with Crippen LogP contribution in [0, 0.1) is 13.8 Å². The van der Waals surface area contributed by atoms with E-state index in [2.05, 4.69) is 15.4 Å². The molecule has 2 aromatic carbocycles. The zero-order valence-electron chi connectivity index (χ0n) is 17.8. The Bertz CT molecular complexity index is 1270. The smallest absolute Gasteiger partial charge is 0.265 e. The van der Waals surface area contributed by atoms with Gasteiger partial charge in [0.05, 0.1) is 11.1 Å². The van der Waals surface area contributed by atoms with Crippen molar-refractivity contribution < 1.29 is 9.53 Å². The molecule has 1 N–H and O–H groups in total. The molecule has 0 aliphatic rings. The molecule has 7 heteroatoms. The maximum absolute atomic E-state index is 12.7. The highest BCUT2D eigenvalue weighted by Crippen LogP contribution is 2.33. The Labute approximate surface area is 185 Å². The molecule has 0 aliphatic carbocycles. The summed E-state index contributed by atoms with van der Waals surface area (Å²) >= 11 is 6.06. The van der Waals surface area contributed by atoms with Crippen LogP contribution in [-0.2, 0) is 11.8 Å². The van der Waals surface area contributed by atoms with Gasteiger partial charge in [-0.3, -0.25) is 9.48 Å². The third-order valence-corrected chi connectivity index (χ3v) is 5.39. The Kier molecular flexibility index (Phi) is 5.65. The van der Waals surface area contributed by atoms with Gasteiger partial charge in [0.1, 0.15) is 0 Å². The molecule has 0 bridgehead atoms. The quantitative estimate of drug-likeness (QED) is 0.462. The molecule has 4 rings (SSSR count). The van der Waals surface area contributed by atoms with Crippen LogP contribution in [0.1, 0.15) is 18.2 Å². The van der Waals surface area contributed by atoms with Crippen LogP contribution in [0.15, 0.2) is 54.6 Å². The second-order valence-corrected chi connectivity index (χ2v) is 7.93. The number of fused-ring (bicyclic) bond motifs is 1. The number of rotatable bonds is 5. The van der Waals surface area contributed by atoms with Crippen LogP contribution in [0.25, 0.3) is 22.2 Å². The molecule has 31 heavy (non-hydrogen) atoms. The van der Waals surface area contributed by atoms with Crippen LogP contribution in [0.2, 0.25) is 5.02 Å². The molecule has 0 fully saturated rings. The van der Waals surface area contributed by atoms with Gasteiger partial charge >= 0.3 is 0 Å². The number of nitrogens with one attached hydrogen (secondary N) is 1. The Morgan fingerprint density at radius 3 is 2.61 bits per heavy atom. The van der Waals surface area contributed by atoms with E-state index >= 15 is 0 Å². The van der Waals surface area contributed by atoms with E-state index in [1.807, 2.05) is 63.4 Å². The van der Waals surface area contributed by atoms with Gasteiger partial charge < -0.3 is 10.1 Å². The number of aromatic nitrogens is 3. The average Bonchev–Trinajstić information content (AvgIpc) is 3.04. The fourth-order valence-electron chi connectivity index (χ4n) is 3.53. The number of halogens is 1. The number of amides is 1. The minimum Gasteiger partial charge on any atom is -0.464 e. The van der Waals surface area contributed by atoms with Crippen molar-refractivity contribution in [2.45, 2.75) is 26.9 Å². The van der Waals surface area contributed by atoms with E-state index in [0.717, 1.165) is 27.8 Å². The molecule has 0 spiro atoms. The second-order valence-electron chi connectivity index (χ2n) is 7.49. The predicted octanol–water partition coefficient (Wildman–Crippen LogP) is 5.31. The number of anilines is 1. The molecule has 0 saturated carbocycles. The van der Waals surface area contributed by atoms with Gasteiger partial charge in [0.15, 0.2) is 11.8 Å². The molecule has 0 radical (unpaired) electrons. The number of nitrogens with zero attached hydrogens (tertiary/aromatic N) is 3. The van der Waals surface area contributed by atoms with Crippen molar-refractivity contribution in [3.8, 4) is 17.0 Å². The molecule has 4 aromatic rings. The van der Waals surface area contributed by atoms with Gasteiger partial charge in [-0.25, -0.2) is 0 Å². The average molecular weight is 435 g/mol. The number of carbonyl (C=O) groups excluding carboxylic acids is 1. The summed E-state index contributed by atoms with van der Waals surface area (Å²) in [5.41, 5.74) is 5.15. The fraction of sp³-hybridized carbons (Fsp3) is 0.208. The number of hydrogen-bond donors (Lipinski definition) is 1. The Morgan fingerprint density at radius 1 is 1.13 bits per heavy atom.